The number of carboxylic acids is 1. The second-order valence-electron chi connectivity index (χ2n) is 3.87. The maximum absolute atomic E-state index is 10.9. The molecule has 0 rings (SSSR count). The van der Waals surface area contributed by atoms with Gasteiger partial charge in [-0.1, -0.05) is 26.1 Å². The lowest BCUT2D eigenvalue weighted by Crippen LogP contribution is -2.50. The first-order valence-electron chi connectivity index (χ1n) is 4.87. The van der Waals surface area contributed by atoms with E-state index in [1.54, 1.807) is 0 Å². The maximum atomic E-state index is 10.9. The van der Waals surface area contributed by atoms with Crippen molar-refractivity contribution in [2.45, 2.75) is 32.4 Å². The van der Waals surface area contributed by atoms with Crippen LogP contribution in [0.15, 0.2) is 0 Å². The molecule has 0 aromatic heterocycles. The minimum absolute atomic E-state index is 0. The molecule has 2 atom stereocenters. The maximum Gasteiger partial charge on any atom is 0.326 e. The summed E-state index contributed by atoms with van der Waals surface area (Å²) in [5.74, 6) is -0.647. The standard InChI is InChI=1S/C9H19N3O2S.2ClH/c1-5(2)3-7(9(13)14)12-8(15)6(11)4-10;;/h5-7H,3-4,10-11H2,1-2H3,(H,12,15)(H,13,14);2*1H/t6-,7-;;/m0../s1. The van der Waals surface area contributed by atoms with Crippen LogP contribution in [0.2, 0.25) is 0 Å². The predicted molar refractivity (Wildman–Crippen MR) is 78.1 cm³/mol. The third-order valence-corrected chi connectivity index (χ3v) is 2.33. The lowest BCUT2D eigenvalue weighted by atomic mass is 10.0. The molecule has 8 heteroatoms. The lowest BCUT2D eigenvalue weighted by Gasteiger charge is -2.20. The first kappa shape index (κ1) is 22.1. The smallest absolute Gasteiger partial charge is 0.326 e. The van der Waals surface area contributed by atoms with Crippen molar-refractivity contribution < 1.29 is 9.90 Å². The fraction of sp³-hybridized carbons (Fsp3) is 0.778. The molecule has 5 nitrogen and oxygen atoms in total. The summed E-state index contributed by atoms with van der Waals surface area (Å²) in [6.07, 6.45) is 0.507. The molecule has 0 bridgehead atoms. The number of nitrogens with two attached hydrogens (primary N) is 2. The molecular formula is C9H21Cl2N3O2S. The highest BCUT2D eigenvalue weighted by Gasteiger charge is 2.21. The normalized spacial score (nSPS) is 13.0. The Morgan fingerprint density at radius 3 is 2.18 bits per heavy atom. The highest BCUT2D eigenvalue weighted by atomic mass is 35.5. The van der Waals surface area contributed by atoms with Gasteiger partial charge < -0.3 is 21.9 Å². The van der Waals surface area contributed by atoms with Crippen molar-refractivity contribution in [1.82, 2.24) is 5.32 Å². The molecule has 0 aromatic carbocycles. The lowest BCUT2D eigenvalue weighted by molar-refractivity contribution is -0.139. The van der Waals surface area contributed by atoms with Crippen LogP contribution in [-0.2, 0) is 4.79 Å². The number of hydrogen-bond acceptors (Lipinski definition) is 4. The van der Waals surface area contributed by atoms with Crippen LogP contribution in [0.5, 0.6) is 0 Å². The van der Waals surface area contributed by atoms with E-state index in [1.807, 2.05) is 13.8 Å². The monoisotopic (exact) mass is 305 g/mol. The number of hydrogen-bond donors (Lipinski definition) is 4. The van der Waals surface area contributed by atoms with Crippen molar-refractivity contribution in [3.63, 3.8) is 0 Å². The molecule has 0 radical (unpaired) electrons. The number of carbonyl (C=O) groups is 1. The second-order valence-corrected chi connectivity index (χ2v) is 4.31. The van der Waals surface area contributed by atoms with E-state index < -0.39 is 18.1 Å². The average Bonchev–Trinajstić information content (AvgIpc) is 2.14. The van der Waals surface area contributed by atoms with Crippen molar-refractivity contribution in [2.24, 2.45) is 17.4 Å². The molecule has 6 N–H and O–H groups in total. The molecule has 0 amide bonds. The Morgan fingerprint density at radius 2 is 1.88 bits per heavy atom. The van der Waals surface area contributed by atoms with Gasteiger partial charge in [0.2, 0.25) is 0 Å². The zero-order valence-electron chi connectivity index (χ0n) is 9.88. The zero-order valence-corrected chi connectivity index (χ0v) is 12.3. The Bertz CT molecular complexity index is 242. The molecular weight excluding hydrogens is 285 g/mol. The molecule has 0 aliphatic carbocycles. The first-order chi connectivity index (χ1) is 6.88. The number of thiocarbonyl (C=S) groups is 1. The molecule has 0 saturated heterocycles. The van der Waals surface area contributed by atoms with Crippen LogP contribution in [0, 0.1) is 5.92 Å². The van der Waals surface area contributed by atoms with E-state index in [9.17, 15) is 4.79 Å². The quantitative estimate of drug-likeness (QED) is 0.534. The Balaban J connectivity index is -0.000000980. The van der Waals surface area contributed by atoms with Crippen molar-refractivity contribution in [3.8, 4) is 0 Å². The molecule has 17 heavy (non-hydrogen) atoms. The van der Waals surface area contributed by atoms with E-state index in [0.717, 1.165) is 0 Å². The van der Waals surface area contributed by atoms with E-state index in [0.29, 0.717) is 11.4 Å². The largest absolute Gasteiger partial charge is 0.480 e. The number of nitrogens with one attached hydrogen (secondary N) is 1. The summed E-state index contributed by atoms with van der Waals surface area (Å²) in [6, 6.07) is -1.16. The van der Waals surface area contributed by atoms with Gasteiger partial charge in [0, 0.05) is 6.54 Å². The SMILES string of the molecule is CC(C)C[C@H](NC(=S)[C@@H](N)CN)C(=O)O.Cl.Cl. The topological polar surface area (TPSA) is 101 Å². The minimum Gasteiger partial charge on any atom is -0.480 e. The van der Waals surface area contributed by atoms with E-state index in [-0.39, 0.29) is 37.3 Å². The summed E-state index contributed by atoms with van der Waals surface area (Å²) in [5, 5.41) is 11.7. The Kier molecular flexibility index (Phi) is 14.3. The molecule has 0 saturated carbocycles. The van der Waals surface area contributed by atoms with Gasteiger partial charge in [-0.3, -0.25) is 0 Å². The highest BCUT2D eigenvalue weighted by Crippen LogP contribution is 2.05. The highest BCUT2D eigenvalue weighted by molar-refractivity contribution is 7.80. The summed E-state index contributed by atoms with van der Waals surface area (Å²) in [6.45, 7) is 4.10. The number of aliphatic carboxylic acids is 1. The van der Waals surface area contributed by atoms with Crippen molar-refractivity contribution in [1.29, 1.82) is 0 Å². The van der Waals surface area contributed by atoms with E-state index >= 15 is 0 Å². The number of carboxylic acid groups (broad SMARTS) is 1. The Labute approximate surface area is 120 Å². The third-order valence-electron chi connectivity index (χ3n) is 1.91. The van der Waals surface area contributed by atoms with Crippen molar-refractivity contribution in [3.05, 3.63) is 0 Å². The summed E-state index contributed by atoms with van der Waals surface area (Å²) in [7, 11) is 0. The van der Waals surface area contributed by atoms with Crippen LogP contribution in [-0.4, -0.2) is 34.7 Å². The van der Waals surface area contributed by atoms with Crippen LogP contribution in [0.3, 0.4) is 0 Å². The van der Waals surface area contributed by atoms with Crippen LogP contribution >= 0.6 is 37.0 Å². The van der Waals surface area contributed by atoms with Gasteiger partial charge in [-0.05, 0) is 12.3 Å². The molecule has 0 aromatic rings. The Hall–Kier alpha value is -0.140. The average molecular weight is 306 g/mol. The van der Waals surface area contributed by atoms with Crippen molar-refractivity contribution in [2.75, 3.05) is 6.54 Å². The minimum atomic E-state index is -0.921. The molecule has 0 aliphatic rings. The fourth-order valence-corrected chi connectivity index (χ4v) is 1.32. The summed E-state index contributed by atoms with van der Waals surface area (Å²) >= 11 is 4.94. The molecule has 104 valence electrons. The van der Waals surface area contributed by atoms with Crippen LogP contribution < -0.4 is 16.8 Å². The summed E-state index contributed by atoms with van der Waals surface area (Å²) in [5.41, 5.74) is 10.9. The van der Waals surface area contributed by atoms with Gasteiger partial charge in [-0.2, -0.15) is 0 Å². The van der Waals surface area contributed by atoms with Crippen LogP contribution in [0.25, 0.3) is 0 Å². The zero-order chi connectivity index (χ0) is 12.0. The van der Waals surface area contributed by atoms with E-state index in [4.69, 9.17) is 28.8 Å². The van der Waals surface area contributed by atoms with Gasteiger partial charge in [-0.15, -0.1) is 24.8 Å². The number of rotatable bonds is 6. The van der Waals surface area contributed by atoms with Crippen LogP contribution in [0.4, 0.5) is 0 Å². The van der Waals surface area contributed by atoms with Gasteiger partial charge in [0.15, 0.2) is 0 Å². The fourth-order valence-electron chi connectivity index (χ4n) is 1.08. The second kappa shape index (κ2) is 11.0. The summed E-state index contributed by atoms with van der Waals surface area (Å²) in [4.78, 5) is 11.2. The first-order valence-corrected chi connectivity index (χ1v) is 5.28. The molecule has 0 unspecified atom stereocenters. The molecule has 0 heterocycles. The van der Waals surface area contributed by atoms with Gasteiger partial charge >= 0.3 is 5.97 Å². The van der Waals surface area contributed by atoms with E-state index in [1.165, 1.54) is 0 Å². The van der Waals surface area contributed by atoms with Gasteiger partial charge in [0.1, 0.15) is 6.04 Å². The van der Waals surface area contributed by atoms with Crippen molar-refractivity contribution >= 4 is 48.0 Å². The summed E-state index contributed by atoms with van der Waals surface area (Å²) < 4.78 is 0. The van der Waals surface area contributed by atoms with Gasteiger partial charge in [-0.25, -0.2) is 4.79 Å². The number of halogens is 2. The van der Waals surface area contributed by atoms with E-state index in [2.05, 4.69) is 5.32 Å². The molecule has 0 fully saturated rings. The molecule has 0 spiro atoms. The third kappa shape index (κ3) is 9.55. The predicted octanol–water partition coefficient (Wildman–Crippen LogP) is 0.532. The molecule has 0 aliphatic heterocycles. The van der Waals surface area contributed by atoms with Gasteiger partial charge in [0.05, 0.1) is 11.0 Å². The van der Waals surface area contributed by atoms with Crippen LogP contribution in [0.1, 0.15) is 20.3 Å². The Morgan fingerprint density at radius 1 is 1.41 bits per heavy atom. The van der Waals surface area contributed by atoms with Gasteiger partial charge in [0.25, 0.3) is 0 Å².